The fourth-order valence-corrected chi connectivity index (χ4v) is 10.7. The highest BCUT2D eigenvalue weighted by Crippen LogP contribution is 2.74. The average Bonchev–Trinajstić information content (AvgIpc) is 2.84. The monoisotopic (exact) mass is 575 g/mol. The van der Waals surface area contributed by atoms with E-state index in [1.54, 1.807) is 0 Å². The number of carbonyl (C=O) groups is 1. The Morgan fingerprint density at radius 3 is 2.38 bits per heavy atom. The maximum Gasteiger partial charge on any atom is 0.223 e. The third kappa shape index (κ3) is 4.76. The number of halogens is 1. The minimum atomic E-state index is -0.578. The Kier molecular flexibility index (Phi) is 8.18. The molecule has 0 radical (unpaired) electrons. The normalized spacial score (nSPS) is 39.1. The van der Waals surface area contributed by atoms with Gasteiger partial charge in [0, 0.05) is 16.6 Å². The summed E-state index contributed by atoms with van der Waals surface area (Å²) in [7, 11) is 0. The molecule has 0 heterocycles. The average molecular weight is 576 g/mol. The number of thioether (sulfide) groups is 1. The lowest BCUT2D eigenvalue weighted by atomic mass is 9.35. The topological polar surface area (TPSA) is 72.6 Å². The summed E-state index contributed by atoms with van der Waals surface area (Å²) in [5.74, 6) is 1.07. The fraction of sp³-hybridized carbons (Fsp3) is 0.794. The SMILES string of the molecule is CC1=C(OCCF)C(O)=CC2C1C(SC(C)C)C=C1[C@@]2(C)CC[C@@]2(C)[C@H](CC(C)(C)C(N)=O)C(C)(C)CC[C@]12C. The van der Waals surface area contributed by atoms with E-state index in [4.69, 9.17) is 10.5 Å². The molecule has 226 valence electrons. The molecule has 3 unspecified atom stereocenters. The molecule has 4 aliphatic rings. The number of fused-ring (bicyclic) bond motifs is 5. The minimum Gasteiger partial charge on any atom is -0.504 e. The molecule has 1 amide bonds. The first kappa shape index (κ1) is 31.5. The van der Waals surface area contributed by atoms with Crippen molar-refractivity contribution < 1.29 is 19.0 Å². The Morgan fingerprint density at radius 2 is 1.80 bits per heavy atom. The van der Waals surface area contributed by atoms with Gasteiger partial charge in [0.1, 0.15) is 13.3 Å². The molecule has 0 spiro atoms. The quantitative estimate of drug-likeness (QED) is 0.285. The van der Waals surface area contributed by atoms with Gasteiger partial charge in [0.15, 0.2) is 11.5 Å². The summed E-state index contributed by atoms with van der Waals surface area (Å²) in [4.78, 5) is 12.5. The number of amides is 1. The second-order valence-electron chi connectivity index (χ2n) is 15.5. The second-order valence-corrected chi connectivity index (χ2v) is 17.3. The van der Waals surface area contributed by atoms with Crippen LogP contribution in [0.4, 0.5) is 4.39 Å². The molecule has 4 rings (SSSR count). The van der Waals surface area contributed by atoms with Crippen LogP contribution < -0.4 is 5.73 Å². The Labute approximate surface area is 246 Å². The maximum absolute atomic E-state index is 13.0. The number of ether oxygens (including phenoxy) is 1. The highest BCUT2D eigenvalue weighted by Gasteiger charge is 2.66. The van der Waals surface area contributed by atoms with Gasteiger partial charge in [-0.15, -0.1) is 0 Å². The van der Waals surface area contributed by atoms with E-state index in [9.17, 15) is 14.3 Å². The van der Waals surface area contributed by atoms with E-state index in [2.05, 4.69) is 61.5 Å². The minimum absolute atomic E-state index is 0.00735. The van der Waals surface area contributed by atoms with Crippen LogP contribution >= 0.6 is 11.8 Å². The van der Waals surface area contributed by atoms with Gasteiger partial charge >= 0.3 is 0 Å². The largest absolute Gasteiger partial charge is 0.504 e. The van der Waals surface area contributed by atoms with Crippen molar-refractivity contribution in [2.45, 2.75) is 112 Å². The summed E-state index contributed by atoms with van der Waals surface area (Å²) in [6.07, 6.45) is 9.73. The summed E-state index contributed by atoms with van der Waals surface area (Å²) >= 11 is 1.99. The van der Waals surface area contributed by atoms with Crippen LogP contribution in [0.3, 0.4) is 0 Å². The summed E-state index contributed by atoms with van der Waals surface area (Å²) in [5, 5.41) is 11.9. The van der Waals surface area contributed by atoms with Crippen LogP contribution in [0.15, 0.2) is 34.8 Å². The fourth-order valence-electron chi connectivity index (χ4n) is 9.33. The highest BCUT2D eigenvalue weighted by molar-refractivity contribution is 8.00. The van der Waals surface area contributed by atoms with E-state index >= 15 is 0 Å². The number of allylic oxidation sites excluding steroid dienone is 3. The molecular weight excluding hydrogens is 521 g/mol. The van der Waals surface area contributed by atoms with Crippen LogP contribution in [0, 0.1) is 44.8 Å². The third-order valence-electron chi connectivity index (χ3n) is 12.0. The van der Waals surface area contributed by atoms with Gasteiger partial charge in [-0.2, -0.15) is 11.8 Å². The zero-order chi connectivity index (χ0) is 30.1. The molecule has 0 aromatic carbocycles. The Balaban J connectivity index is 1.88. The number of hydrogen-bond donors (Lipinski definition) is 2. The van der Waals surface area contributed by atoms with Gasteiger partial charge in [-0.25, -0.2) is 4.39 Å². The third-order valence-corrected chi connectivity index (χ3v) is 13.3. The van der Waals surface area contributed by atoms with Crippen molar-refractivity contribution in [1.29, 1.82) is 0 Å². The number of primary amides is 1. The van der Waals surface area contributed by atoms with Crippen molar-refractivity contribution in [1.82, 2.24) is 0 Å². The summed E-state index contributed by atoms with van der Waals surface area (Å²) in [6, 6.07) is 0. The molecular formula is C34H54FNO3S. The molecule has 4 aliphatic carbocycles. The van der Waals surface area contributed by atoms with Crippen LogP contribution in [0.2, 0.25) is 0 Å². The van der Waals surface area contributed by atoms with Crippen LogP contribution in [0.1, 0.15) is 101 Å². The molecule has 6 heteroatoms. The summed E-state index contributed by atoms with van der Waals surface area (Å²) in [6.45, 7) is 22.2. The Hall–Kier alpha value is -1.43. The first-order valence-corrected chi connectivity index (χ1v) is 16.3. The van der Waals surface area contributed by atoms with E-state index in [1.807, 2.05) is 31.7 Å². The zero-order valence-electron chi connectivity index (χ0n) is 26.6. The van der Waals surface area contributed by atoms with E-state index in [0.717, 1.165) is 37.7 Å². The number of aliphatic hydroxyl groups is 1. The number of rotatable bonds is 8. The molecule has 2 fully saturated rings. The number of nitrogens with two attached hydrogens (primary N) is 1. The van der Waals surface area contributed by atoms with Crippen molar-refractivity contribution in [3.63, 3.8) is 0 Å². The molecule has 2 saturated carbocycles. The van der Waals surface area contributed by atoms with Crippen LogP contribution in [-0.2, 0) is 9.53 Å². The van der Waals surface area contributed by atoms with E-state index in [1.165, 1.54) is 5.57 Å². The van der Waals surface area contributed by atoms with Gasteiger partial charge in [0.25, 0.3) is 0 Å². The van der Waals surface area contributed by atoms with Crippen LogP contribution in [0.5, 0.6) is 0 Å². The highest BCUT2D eigenvalue weighted by atomic mass is 32.2. The molecule has 7 atom stereocenters. The lowest BCUT2D eigenvalue weighted by molar-refractivity contribution is -0.149. The molecule has 4 nitrogen and oxygen atoms in total. The lowest BCUT2D eigenvalue weighted by Crippen LogP contribution is -2.62. The van der Waals surface area contributed by atoms with Gasteiger partial charge in [-0.1, -0.05) is 74.0 Å². The number of hydrogen-bond acceptors (Lipinski definition) is 4. The van der Waals surface area contributed by atoms with Gasteiger partial charge in [0.2, 0.25) is 5.91 Å². The van der Waals surface area contributed by atoms with Crippen molar-refractivity contribution >= 4 is 17.7 Å². The first-order chi connectivity index (χ1) is 18.4. The number of carbonyl (C=O) groups excluding carboxylic acids is 1. The van der Waals surface area contributed by atoms with Crippen LogP contribution in [0.25, 0.3) is 0 Å². The maximum atomic E-state index is 13.0. The predicted molar refractivity (Wildman–Crippen MR) is 165 cm³/mol. The molecule has 0 aliphatic heterocycles. The zero-order valence-corrected chi connectivity index (χ0v) is 27.4. The van der Waals surface area contributed by atoms with Crippen molar-refractivity contribution in [2.75, 3.05) is 13.3 Å². The van der Waals surface area contributed by atoms with E-state index < -0.39 is 12.1 Å². The lowest BCUT2D eigenvalue weighted by Gasteiger charge is -2.69. The van der Waals surface area contributed by atoms with Crippen molar-refractivity contribution in [3.05, 3.63) is 34.8 Å². The molecule has 40 heavy (non-hydrogen) atoms. The van der Waals surface area contributed by atoms with Crippen molar-refractivity contribution in [2.24, 2.45) is 50.6 Å². The molecule has 0 aromatic rings. The van der Waals surface area contributed by atoms with Gasteiger partial charge in [-0.05, 0) is 89.4 Å². The van der Waals surface area contributed by atoms with Gasteiger partial charge in [-0.3, -0.25) is 4.79 Å². The van der Waals surface area contributed by atoms with Gasteiger partial charge < -0.3 is 15.6 Å². The second kappa shape index (κ2) is 10.4. The molecule has 0 saturated heterocycles. The smallest absolute Gasteiger partial charge is 0.223 e. The van der Waals surface area contributed by atoms with E-state index in [0.29, 0.717) is 16.9 Å². The first-order valence-electron chi connectivity index (χ1n) is 15.3. The van der Waals surface area contributed by atoms with Crippen molar-refractivity contribution in [3.8, 4) is 0 Å². The Bertz CT molecular complexity index is 1120. The Morgan fingerprint density at radius 1 is 1.15 bits per heavy atom. The van der Waals surface area contributed by atoms with Crippen LogP contribution in [-0.4, -0.2) is 34.8 Å². The number of alkyl halides is 1. The van der Waals surface area contributed by atoms with Gasteiger partial charge in [0.05, 0.1) is 0 Å². The number of aliphatic hydroxyl groups excluding tert-OH is 1. The predicted octanol–water partition coefficient (Wildman–Crippen LogP) is 8.54. The summed E-state index contributed by atoms with van der Waals surface area (Å²) < 4.78 is 18.8. The standard InChI is InChI=1S/C34H54FNO3S/c1-20(2)40-24-18-25-32(8,22-17-23(37)28(39-16-15-35)21(3)27(22)24)12-14-34(10)26(19-31(6,7)29(36)38)30(4,5)11-13-33(25,34)9/h17-18,20,22,24,26-27,37H,11-16,19H2,1-10H3,(H2,36,38)/t22?,24?,26-,27?,32+,33-,34+/m1/s1. The van der Waals surface area contributed by atoms with E-state index in [-0.39, 0.29) is 57.0 Å². The molecule has 0 aromatic heterocycles. The molecule has 0 bridgehead atoms. The summed E-state index contributed by atoms with van der Waals surface area (Å²) in [5.41, 5.74) is 7.90. The molecule has 3 N–H and O–H groups in total.